The number of carbonyl (C=O) groups excluding carboxylic acids is 2. The number of ether oxygens (including phenoxy) is 1. The topological polar surface area (TPSA) is 87.9 Å². The van der Waals surface area contributed by atoms with Crippen molar-refractivity contribution >= 4 is 11.8 Å². The summed E-state index contributed by atoms with van der Waals surface area (Å²) in [5.74, 6) is 0.747. The third kappa shape index (κ3) is 8.37. The van der Waals surface area contributed by atoms with Crippen LogP contribution in [0.2, 0.25) is 0 Å². The summed E-state index contributed by atoms with van der Waals surface area (Å²) in [6, 6.07) is 16.5. The molecule has 3 rings (SSSR count). The summed E-state index contributed by atoms with van der Waals surface area (Å²) >= 11 is 0. The summed E-state index contributed by atoms with van der Waals surface area (Å²) < 4.78 is 5.88. The minimum Gasteiger partial charge on any atom is -0.489 e. The van der Waals surface area contributed by atoms with E-state index >= 15 is 0 Å². The molecule has 2 unspecified atom stereocenters. The Hall–Kier alpha value is -2.90. The average molecular weight is 481 g/mol. The van der Waals surface area contributed by atoms with Gasteiger partial charge in [-0.15, -0.1) is 0 Å². The number of hydrogen-bond acceptors (Lipinski definition) is 5. The Labute approximate surface area is 209 Å². The summed E-state index contributed by atoms with van der Waals surface area (Å²) in [6.45, 7) is 10.7. The summed E-state index contributed by atoms with van der Waals surface area (Å²) in [5, 5.41) is 2.95. The molecule has 1 aliphatic rings. The van der Waals surface area contributed by atoms with Crippen LogP contribution in [0, 0.1) is 5.92 Å². The summed E-state index contributed by atoms with van der Waals surface area (Å²) in [5.41, 5.74) is 8.18. The largest absolute Gasteiger partial charge is 0.489 e. The lowest BCUT2D eigenvalue weighted by Gasteiger charge is -2.36. The molecule has 1 aliphatic heterocycles. The van der Waals surface area contributed by atoms with Crippen LogP contribution in [0.4, 0.5) is 0 Å². The molecule has 1 heterocycles. The van der Waals surface area contributed by atoms with E-state index < -0.39 is 12.1 Å². The Balaban J connectivity index is 1.65. The maximum absolute atomic E-state index is 13.4. The first-order valence-corrected chi connectivity index (χ1v) is 12.7. The van der Waals surface area contributed by atoms with Crippen molar-refractivity contribution in [1.82, 2.24) is 15.1 Å². The van der Waals surface area contributed by atoms with Gasteiger partial charge in [0, 0.05) is 32.6 Å². The van der Waals surface area contributed by atoms with Crippen molar-refractivity contribution in [3.63, 3.8) is 0 Å². The Morgan fingerprint density at radius 2 is 1.63 bits per heavy atom. The molecule has 190 valence electrons. The van der Waals surface area contributed by atoms with Crippen molar-refractivity contribution in [2.75, 3.05) is 32.7 Å². The molecule has 0 spiro atoms. The lowest BCUT2D eigenvalue weighted by atomic mass is 10.0. The van der Waals surface area contributed by atoms with Gasteiger partial charge in [0.05, 0.1) is 6.04 Å². The quantitative estimate of drug-likeness (QED) is 0.516. The van der Waals surface area contributed by atoms with Crippen LogP contribution in [0.1, 0.15) is 38.3 Å². The van der Waals surface area contributed by atoms with E-state index in [-0.39, 0.29) is 11.8 Å². The minimum absolute atomic E-state index is 0.0461. The highest BCUT2D eigenvalue weighted by molar-refractivity contribution is 5.90. The third-order valence-corrected chi connectivity index (χ3v) is 6.42. The van der Waals surface area contributed by atoms with Crippen LogP contribution in [-0.2, 0) is 22.6 Å². The van der Waals surface area contributed by atoms with E-state index in [1.807, 2.05) is 73.3 Å². The van der Waals surface area contributed by atoms with Crippen molar-refractivity contribution < 1.29 is 14.3 Å². The first-order valence-electron chi connectivity index (χ1n) is 12.7. The summed E-state index contributed by atoms with van der Waals surface area (Å²) in [4.78, 5) is 30.4. The smallest absolute Gasteiger partial charge is 0.245 e. The molecule has 3 N–H and O–H groups in total. The number of nitrogens with zero attached hydrogens (tertiary/aromatic N) is 2. The fourth-order valence-corrected chi connectivity index (χ4v) is 4.30. The molecule has 0 aromatic heterocycles. The number of nitrogens with one attached hydrogen (secondary N) is 1. The van der Waals surface area contributed by atoms with Crippen molar-refractivity contribution in [1.29, 1.82) is 0 Å². The Bertz CT molecular complexity index is 925. The van der Waals surface area contributed by atoms with E-state index in [9.17, 15) is 9.59 Å². The Morgan fingerprint density at radius 1 is 0.971 bits per heavy atom. The second kappa shape index (κ2) is 13.3. The molecule has 2 amide bonds. The number of rotatable bonds is 11. The van der Waals surface area contributed by atoms with Crippen LogP contribution in [-0.4, -0.2) is 66.4 Å². The first-order chi connectivity index (χ1) is 16.9. The van der Waals surface area contributed by atoms with Gasteiger partial charge in [0.25, 0.3) is 0 Å². The molecule has 1 saturated heterocycles. The highest BCUT2D eigenvalue weighted by atomic mass is 16.5. The number of likely N-dealkylation sites (N-methyl/N-ethyl adjacent to an activating group) is 1. The number of carbonyl (C=O) groups is 2. The van der Waals surface area contributed by atoms with Crippen molar-refractivity contribution in [3.05, 3.63) is 65.7 Å². The average Bonchev–Trinajstić information content (AvgIpc) is 2.87. The van der Waals surface area contributed by atoms with Crippen LogP contribution >= 0.6 is 0 Å². The summed E-state index contributed by atoms with van der Waals surface area (Å²) in [6.07, 6.45) is 0.987. The van der Waals surface area contributed by atoms with Crippen LogP contribution in [0.15, 0.2) is 54.6 Å². The zero-order valence-corrected chi connectivity index (χ0v) is 21.3. The molecule has 7 heteroatoms. The normalized spacial score (nSPS) is 16.1. The third-order valence-electron chi connectivity index (χ3n) is 6.42. The van der Waals surface area contributed by atoms with E-state index in [1.165, 1.54) is 0 Å². The van der Waals surface area contributed by atoms with Crippen LogP contribution < -0.4 is 15.8 Å². The molecule has 2 atom stereocenters. The van der Waals surface area contributed by atoms with Crippen molar-refractivity contribution in [2.24, 2.45) is 11.7 Å². The Kier molecular flexibility index (Phi) is 10.1. The van der Waals surface area contributed by atoms with E-state index in [4.69, 9.17) is 10.5 Å². The standard InChI is InChI=1S/C28H40N4O3/c1-4-31-14-16-32(17-15-31)28(34)26(30-27(33)25(29)18-21(2)3)19-22-10-12-24(13-11-22)35-20-23-8-6-5-7-9-23/h5-13,21,25-26H,4,14-20,29H2,1-3H3,(H,30,33). The SMILES string of the molecule is CCN1CCN(C(=O)C(Cc2ccc(OCc3ccccc3)cc2)NC(=O)C(N)CC(C)C)CC1. The van der Waals surface area contributed by atoms with Crippen molar-refractivity contribution in [3.8, 4) is 5.75 Å². The molecule has 1 fully saturated rings. The van der Waals surface area contributed by atoms with Crippen LogP contribution in [0.5, 0.6) is 5.75 Å². The van der Waals surface area contributed by atoms with E-state index in [0.717, 1.165) is 36.5 Å². The maximum Gasteiger partial charge on any atom is 0.245 e. The van der Waals surface area contributed by atoms with Crippen molar-refractivity contribution in [2.45, 2.75) is 52.3 Å². The van der Waals surface area contributed by atoms with Gasteiger partial charge in [-0.2, -0.15) is 0 Å². The predicted molar refractivity (Wildman–Crippen MR) is 139 cm³/mol. The molecule has 0 radical (unpaired) electrons. The van der Waals surface area contributed by atoms with Gasteiger partial charge >= 0.3 is 0 Å². The molecule has 2 aromatic rings. The number of amides is 2. The molecule has 2 aromatic carbocycles. The Morgan fingerprint density at radius 3 is 2.23 bits per heavy atom. The molecule has 0 saturated carbocycles. The maximum atomic E-state index is 13.4. The number of benzene rings is 2. The second-order valence-corrected chi connectivity index (χ2v) is 9.68. The fourth-order valence-electron chi connectivity index (χ4n) is 4.30. The van der Waals surface area contributed by atoms with E-state index in [2.05, 4.69) is 17.1 Å². The second-order valence-electron chi connectivity index (χ2n) is 9.68. The summed E-state index contributed by atoms with van der Waals surface area (Å²) in [7, 11) is 0. The molecule has 0 bridgehead atoms. The first kappa shape index (κ1) is 26.7. The number of piperazine rings is 1. The van der Waals surface area contributed by atoms with Gasteiger partial charge < -0.3 is 25.6 Å². The van der Waals surface area contributed by atoms with Gasteiger partial charge in [0.15, 0.2) is 0 Å². The molecular weight excluding hydrogens is 440 g/mol. The van der Waals surface area contributed by atoms with E-state index in [0.29, 0.717) is 38.5 Å². The monoisotopic (exact) mass is 480 g/mol. The van der Waals surface area contributed by atoms with Crippen LogP contribution in [0.3, 0.4) is 0 Å². The van der Waals surface area contributed by atoms with Gasteiger partial charge in [-0.1, -0.05) is 63.2 Å². The number of hydrogen-bond donors (Lipinski definition) is 2. The van der Waals surface area contributed by atoms with Crippen LogP contribution in [0.25, 0.3) is 0 Å². The zero-order valence-electron chi connectivity index (χ0n) is 21.3. The highest BCUT2D eigenvalue weighted by Gasteiger charge is 2.30. The fraction of sp³-hybridized carbons (Fsp3) is 0.500. The van der Waals surface area contributed by atoms with Gasteiger partial charge in [0.2, 0.25) is 11.8 Å². The van der Waals surface area contributed by atoms with Gasteiger partial charge in [-0.05, 0) is 42.1 Å². The number of nitrogens with two attached hydrogens (primary N) is 1. The molecular formula is C28H40N4O3. The lowest BCUT2D eigenvalue weighted by Crippen LogP contribution is -2.57. The van der Waals surface area contributed by atoms with Gasteiger partial charge in [0.1, 0.15) is 18.4 Å². The predicted octanol–water partition coefficient (Wildman–Crippen LogP) is 2.83. The highest BCUT2D eigenvalue weighted by Crippen LogP contribution is 2.17. The van der Waals surface area contributed by atoms with E-state index in [1.54, 1.807) is 0 Å². The van der Waals surface area contributed by atoms with Gasteiger partial charge in [-0.3, -0.25) is 9.59 Å². The van der Waals surface area contributed by atoms with Gasteiger partial charge in [-0.25, -0.2) is 0 Å². The molecule has 0 aliphatic carbocycles. The zero-order chi connectivity index (χ0) is 25.2. The minimum atomic E-state index is -0.648. The lowest BCUT2D eigenvalue weighted by molar-refractivity contribution is -0.138. The molecule has 7 nitrogen and oxygen atoms in total. The molecule has 35 heavy (non-hydrogen) atoms.